The SMILES string of the molecule is CCC=C(C(=O)O)C(F)(F)C(F)(F)F. The second-order valence-electron chi connectivity index (χ2n) is 2.40. The number of hydrogen-bond donors (Lipinski definition) is 1. The highest BCUT2D eigenvalue weighted by molar-refractivity contribution is 5.88. The number of carbonyl (C=O) groups is 1. The molecule has 1 N–H and O–H groups in total. The van der Waals surface area contributed by atoms with Crippen LogP contribution in [-0.4, -0.2) is 23.2 Å². The van der Waals surface area contributed by atoms with E-state index in [9.17, 15) is 26.7 Å². The molecule has 0 fully saturated rings. The lowest BCUT2D eigenvalue weighted by Crippen LogP contribution is -2.40. The van der Waals surface area contributed by atoms with Gasteiger partial charge >= 0.3 is 18.1 Å². The van der Waals surface area contributed by atoms with E-state index in [1.165, 1.54) is 6.92 Å². The first kappa shape index (κ1) is 12.9. The molecule has 0 spiro atoms. The zero-order chi connectivity index (χ0) is 11.6. The molecule has 82 valence electrons. The molecule has 0 amide bonds. The molecular formula is C7H7F5O2. The Bertz CT molecular complexity index is 253. The first-order valence-corrected chi connectivity index (χ1v) is 3.53. The Kier molecular flexibility index (Phi) is 3.61. The van der Waals surface area contributed by atoms with E-state index in [-0.39, 0.29) is 6.42 Å². The summed E-state index contributed by atoms with van der Waals surface area (Å²) in [6, 6.07) is 0. The Hall–Kier alpha value is -1.14. The van der Waals surface area contributed by atoms with Crippen molar-refractivity contribution in [3.05, 3.63) is 11.6 Å². The normalized spacial score (nSPS) is 14.3. The number of carboxylic acid groups (broad SMARTS) is 1. The number of alkyl halides is 5. The van der Waals surface area contributed by atoms with Gasteiger partial charge in [-0.2, -0.15) is 22.0 Å². The Balaban J connectivity index is 5.22. The Morgan fingerprint density at radius 2 is 1.71 bits per heavy atom. The second kappa shape index (κ2) is 3.93. The molecule has 0 radical (unpaired) electrons. The van der Waals surface area contributed by atoms with E-state index in [1.54, 1.807) is 0 Å². The molecule has 0 aromatic carbocycles. The molecule has 0 aliphatic heterocycles. The standard InChI is InChI=1S/C7H7F5O2/c1-2-3-4(5(13)14)6(8,9)7(10,11)12/h3H,2H2,1H3,(H,13,14). The average molecular weight is 218 g/mol. The van der Waals surface area contributed by atoms with Crippen molar-refractivity contribution in [2.75, 3.05) is 0 Å². The summed E-state index contributed by atoms with van der Waals surface area (Å²) >= 11 is 0. The predicted molar refractivity (Wildman–Crippen MR) is 37.0 cm³/mol. The number of halogens is 5. The van der Waals surface area contributed by atoms with Crippen LogP contribution in [0.3, 0.4) is 0 Å². The molecule has 0 heterocycles. The maximum Gasteiger partial charge on any atom is 0.458 e. The van der Waals surface area contributed by atoms with Gasteiger partial charge in [-0.1, -0.05) is 13.0 Å². The topological polar surface area (TPSA) is 37.3 Å². The maximum absolute atomic E-state index is 12.5. The van der Waals surface area contributed by atoms with Crippen LogP contribution in [0.4, 0.5) is 22.0 Å². The summed E-state index contributed by atoms with van der Waals surface area (Å²) in [6.07, 6.45) is -5.75. The third-order valence-electron chi connectivity index (χ3n) is 1.33. The highest BCUT2D eigenvalue weighted by atomic mass is 19.4. The van der Waals surface area contributed by atoms with Crippen molar-refractivity contribution >= 4 is 5.97 Å². The molecule has 7 heteroatoms. The molecule has 0 aliphatic rings. The van der Waals surface area contributed by atoms with E-state index in [2.05, 4.69) is 0 Å². The van der Waals surface area contributed by atoms with Crippen LogP contribution in [0.1, 0.15) is 13.3 Å². The largest absolute Gasteiger partial charge is 0.478 e. The molecule has 14 heavy (non-hydrogen) atoms. The molecule has 0 saturated carbocycles. The maximum atomic E-state index is 12.5. The number of rotatable bonds is 3. The minimum absolute atomic E-state index is 0.215. The molecule has 0 unspecified atom stereocenters. The fourth-order valence-electron chi connectivity index (χ4n) is 0.707. The van der Waals surface area contributed by atoms with Crippen LogP contribution in [-0.2, 0) is 4.79 Å². The van der Waals surface area contributed by atoms with Crippen LogP contribution in [0.2, 0.25) is 0 Å². The lowest BCUT2D eigenvalue weighted by atomic mass is 10.1. The fourth-order valence-corrected chi connectivity index (χ4v) is 0.707. The van der Waals surface area contributed by atoms with Crippen molar-refractivity contribution in [2.24, 2.45) is 0 Å². The number of carboxylic acids is 1. The van der Waals surface area contributed by atoms with Gasteiger partial charge in [-0.05, 0) is 6.42 Å². The van der Waals surface area contributed by atoms with E-state index in [0.29, 0.717) is 6.08 Å². The summed E-state index contributed by atoms with van der Waals surface area (Å²) in [5.41, 5.74) is -1.94. The molecule has 0 aliphatic carbocycles. The van der Waals surface area contributed by atoms with Crippen molar-refractivity contribution in [1.82, 2.24) is 0 Å². The van der Waals surface area contributed by atoms with E-state index < -0.39 is 23.6 Å². The van der Waals surface area contributed by atoms with Gasteiger partial charge in [-0.15, -0.1) is 0 Å². The van der Waals surface area contributed by atoms with Crippen LogP contribution >= 0.6 is 0 Å². The first-order chi connectivity index (χ1) is 6.14. The number of aliphatic carboxylic acids is 1. The summed E-state index contributed by atoms with van der Waals surface area (Å²) in [5, 5.41) is 8.16. The summed E-state index contributed by atoms with van der Waals surface area (Å²) in [7, 11) is 0. The van der Waals surface area contributed by atoms with Crippen molar-refractivity contribution in [3.8, 4) is 0 Å². The Morgan fingerprint density at radius 1 is 1.29 bits per heavy atom. The van der Waals surface area contributed by atoms with Crippen molar-refractivity contribution in [2.45, 2.75) is 25.4 Å². The van der Waals surface area contributed by atoms with E-state index >= 15 is 0 Å². The van der Waals surface area contributed by atoms with Gasteiger partial charge in [0.25, 0.3) is 0 Å². The van der Waals surface area contributed by atoms with Gasteiger partial charge < -0.3 is 5.11 Å². The fraction of sp³-hybridized carbons (Fsp3) is 0.571. The van der Waals surface area contributed by atoms with Crippen LogP contribution in [0, 0.1) is 0 Å². The summed E-state index contributed by atoms with van der Waals surface area (Å²) in [5.74, 6) is -7.58. The zero-order valence-corrected chi connectivity index (χ0v) is 7.03. The van der Waals surface area contributed by atoms with E-state index in [1.807, 2.05) is 0 Å². The molecule has 0 saturated heterocycles. The van der Waals surface area contributed by atoms with Gasteiger partial charge in [0.15, 0.2) is 0 Å². The quantitative estimate of drug-likeness (QED) is 0.584. The van der Waals surface area contributed by atoms with E-state index in [4.69, 9.17) is 5.11 Å². The predicted octanol–water partition coefficient (Wildman–Crippen LogP) is 2.61. The Morgan fingerprint density at radius 3 is 1.93 bits per heavy atom. The van der Waals surface area contributed by atoms with Crippen LogP contribution in [0.25, 0.3) is 0 Å². The van der Waals surface area contributed by atoms with Crippen LogP contribution in [0.5, 0.6) is 0 Å². The molecular weight excluding hydrogens is 211 g/mol. The monoisotopic (exact) mass is 218 g/mol. The molecule has 0 bridgehead atoms. The molecule has 2 nitrogen and oxygen atoms in total. The number of allylic oxidation sites excluding steroid dienone is 1. The van der Waals surface area contributed by atoms with Crippen LogP contribution < -0.4 is 0 Å². The van der Waals surface area contributed by atoms with Gasteiger partial charge in [0.2, 0.25) is 0 Å². The molecule has 0 aromatic rings. The summed E-state index contributed by atoms with van der Waals surface area (Å²) in [4.78, 5) is 10.1. The summed E-state index contributed by atoms with van der Waals surface area (Å²) in [6.45, 7) is 1.26. The highest BCUT2D eigenvalue weighted by Gasteiger charge is 2.61. The minimum atomic E-state index is -5.88. The van der Waals surface area contributed by atoms with Crippen LogP contribution in [0.15, 0.2) is 11.6 Å². The highest BCUT2D eigenvalue weighted by Crippen LogP contribution is 2.41. The minimum Gasteiger partial charge on any atom is -0.478 e. The first-order valence-electron chi connectivity index (χ1n) is 3.53. The lowest BCUT2D eigenvalue weighted by molar-refractivity contribution is -0.265. The number of hydrogen-bond acceptors (Lipinski definition) is 1. The smallest absolute Gasteiger partial charge is 0.458 e. The molecule has 0 atom stereocenters. The zero-order valence-electron chi connectivity index (χ0n) is 7.03. The Labute approximate surface area is 76.0 Å². The molecule has 0 aromatic heterocycles. The summed E-state index contributed by atoms with van der Waals surface area (Å²) < 4.78 is 60.1. The van der Waals surface area contributed by atoms with Crippen molar-refractivity contribution in [1.29, 1.82) is 0 Å². The van der Waals surface area contributed by atoms with Crippen molar-refractivity contribution < 1.29 is 31.9 Å². The second-order valence-corrected chi connectivity index (χ2v) is 2.40. The molecule has 0 rings (SSSR count). The van der Waals surface area contributed by atoms with Crippen molar-refractivity contribution in [3.63, 3.8) is 0 Å². The van der Waals surface area contributed by atoms with Gasteiger partial charge in [-0.25, -0.2) is 4.79 Å². The average Bonchev–Trinajstić information content (AvgIpc) is 1.96. The lowest BCUT2D eigenvalue weighted by Gasteiger charge is -2.19. The van der Waals surface area contributed by atoms with Gasteiger partial charge in [0.1, 0.15) is 5.57 Å². The van der Waals surface area contributed by atoms with E-state index in [0.717, 1.165) is 0 Å². The third-order valence-corrected chi connectivity index (χ3v) is 1.33. The van der Waals surface area contributed by atoms with Gasteiger partial charge in [-0.3, -0.25) is 0 Å². The third kappa shape index (κ3) is 2.43. The van der Waals surface area contributed by atoms with Gasteiger partial charge in [0, 0.05) is 0 Å². The van der Waals surface area contributed by atoms with Gasteiger partial charge in [0.05, 0.1) is 0 Å².